The lowest BCUT2D eigenvalue weighted by Crippen LogP contribution is -2.25. The number of aromatic nitrogens is 2. The highest BCUT2D eigenvalue weighted by atomic mass is 79.9. The first-order valence-electron chi connectivity index (χ1n) is 6.52. The predicted molar refractivity (Wildman–Crippen MR) is 79.1 cm³/mol. The summed E-state index contributed by atoms with van der Waals surface area (Å²) in [4.78, 5) is 12.0. The van der Waals surface area contributed by atoms with Gasteiger partial charge in [0, 0.05) is 6.20 Å². The van der Waals surface area contributed by atoms with Crippen LogP contribution >= 0.6 is 15.9 Å². The summed E-state index contributed by atoms with van der Waals surface area (Å²) in [6, 6.07) is 1.87. The van der Waals surface area contributed by atoms with Crippen molar-refractivity contribution in [2.75, 3.05) is 5.32 Å². The molecule has 0 saturated carbocycles. The SMILES string of the molecule is C[C@H](Cn1cc(Br)cn1)C(=O)Nc1cc(C(F)(F)F)ccc1F. The van der Waals surface area contributed by atoms with E-state index in [-0.39, 0.29) is 6.54 Å². The van der Waals surface area contributed by atoms with E-state index in [4.69, 9.17) is 0 Å². The molecule has 1 heterocycles. The Morgan fingerprint density at radius 1 is 1.43 bits per heavy atom. The number of nitrogens with zero attached hydrogens (tertiary/aromatic N) is 2. The van der Waals surface area contributed by atoms with Crippen molar-refractivity contribution in [1.82, 2.24) is 9.78 Å². The standard InChI is InChI=1S/C14H12BrF4N3O/c1-8(6-22-7-10(15)5-20-22)13(23)21-12-4-9(14(17,18)19)2-3-11(12)16/h2-5,7-8H,6H2,1H3,(H,21,23)/t8-/m1/s1. The number of amides is 1. The number of halogens is 5. The first kappa shape index (κ1) is 17.5. The van der Waals surface area contributed by atoms with E-state index in [9.17, 15) is 22.4 Å². The fourth-order valence-corrected chi connectivity index (χ4v) is 2.18. The van der Waals surface area contributed by atoms with Gasteiger partial charge < -0.3 is 5.32 Å². The third kappa shape index (κ3) is 4.54. The molecule has 23 heavy (non-hydrogen) atoms. The number of anilines is 1. The van der Waals surface area contributed by atoms with Gasteiger partial charge in [-0.2, -0.15) is 18.3 Å². The Labute approximate surface area is 137 Å². The van der Waals surface area contributed by atoms with Gasteiger partial charge in [0.2, 0.25) is 5.91 Å². The molecule has 1 aromatic heterocycles. The Morgan fingerprint density at radius 2 is 2.13 bits per heavy atom. The first-order valence-corrected chi connectivity index (χ1v) is 7.31. The third-order valence-electron chi connectivity index (χ3n) is 3.06. The second-order valence-corrected chi connectivity index (χ2v) is 5.88. The van der Waals surface area contributed by atoms with E-state index in [0.717, 1.165) is 4.47 Å². The smallest absolute Gasteiger partial charge is 0.323 e. The Kier molecular flexibility index (Phi) is 5.08. The van der Waals surface area contributed by atoms with Crippen LogP contribution < -0.4 is 5.32 Å². The quantitative estimate of drug-likeness (QED) is 0.795. The number of alkyl halides is 3. The van der Waals surface area contributed by atoms with Crippen LogP contribution in [-0.2, 0) is 17.5 Å². The molecule has 0 saturated heterocycles. The molecule has 9 heteroatoms. The lowest BCUT2D eigenvalue weighted by molar-refractivity contribution is -0.137. The minimum absolute atomic E-state index is 0.206. The molecule has 1 atom stereocenters. The lowest BCUT2D eigenvalue weighted by Gasteiger charge is -2.14. The molecule has 0 aliphatic rings. The molecule has 0 bridgehead atoms. The zero-order chi connectivity index (χ0) is 17.2. The van der Waals surface area contributed by atoms with E-state index >= 15 is 0 Å². The minimum Gasteiger partial charge on any atom is -0.323 e. The Bertz CT molecular complexity index is 714. The van der Waals surface area contributed by atoms with Crippen molar-refractivity contribution in [1.29, 1.82) is 0 Å². The van der Waals surface area contributed by atoms with Crippen LogP contribution in [0.1, 0.15) is 12.5 Å². The number of hydrogen-bond donors (Lipinski definition) is 1. The minimum atomic E-state index is -4.61. The van der Waals surface area contributed by atoms with Crippen molar-refractivity contribution < 1.29 is 22.4 Å². The highest BCUT2D eigenvalue weighted by molar-refractivity contribution is 9.10. The molecule has 1 aromatic carbocycles. The van der Waals surface area contributed by atoms with Crippen LogP contribution in [0.15, 0.2) is 35.1 Å². The molecule has 0 fully saturated rings. The van der Waals surface area contributed by atoms with Gasteiger partial charge in [0.05, 0.1) is 34.4 Å². The molecule has 0 unspecified atom stereocenters. The Hall–Kier alpha value is -1.90. The maximum absolute atomic E-state index is 13.6. The van der Waals surface area contributed by atoms with Crippen molar-refractivity contribution in [2.45, 2.75) is 19.6 Å². The Balaban J connectivity index is 2.10. The lowest BCUT2D eigenvalue weighted by atomic mass is 10.1. The van der Waals surface area contributed by atoms with Gasteiger partial charge in [0.15, 0.2) is 0 Å². The van der Waals surface area contributed by atoms with Gasteiger partial charge >= 0.3 is 6.18 Å². The molecule has 2 aromatic rings. The highest BCUT2D eigenvalue weighted by Crippen LogP contribution is 2.31. The van der Waals surface area contributed by atoms with E-state index in [1.165, 1.54) is 10.9 Å². The molecule has 0 spiro atoms. The van der Waals surface area contributed by atoms with E-state index in [1.807, 2.05) is 0 Å². The van der Waals surface area contributed by atoms with Crippen molar-refractivity contribution in [3.8, 4) is 0 Å². The van der Waals surface area contributed by atoms with Gasteiger partial charge in [-0.25, -0.2) is 4.39 Å². The van der Waals surface area contributed by atoms with Gasteiger partial charge in [-0.05, 0) is 34.1 Å². The molecule has 2 rings (SSSR count). The van der Waals surface area contributed by atoms with Crippen LogP contribution in [0.4, 0.5) is 23.2 Å². The van der Waals surface area contributed by atoms with Gasteiger partial charge in [-0.1, -0.05) is 6.92 Å². The van der Waals surface area contributed by atoms with Crippen LogP contribution in [-0.4, -0.2) is 15.7 Å². The first-order chi connectivity index (χ1) is 10.7. The predicted octanol–water partition coefficient (Wildman–Crippen LogP) is 4.08. The summed E-state index contributed by atoms with van der Waals surface area (Å²) in [5.74, 6) is -2.15. The average Bonchev–Trinajstić information content (AvgIpc) is 2.85. The van der Waals surface area contributed by atoms with Gasteiger partial charge in [0.25, 0.3) is 0 Å². The summed E-state index contributed by atoms with van der Waals surface area (Å²) in [6.45, 7) is 1.77. The number of carbonyl (C=O) groups excluding carboxylic acids is 1. The molecule has 1 N–H and O–H groups in total. The fraction of sp³-hybridized carbons (Fsp3) is 0.286. The number of nitrogens with one attached hydrogen (secondary N) is 1. The number of carbonyl (C=O) groups is 1. The van der Waals surface area contributed by atoms with Crippen LogP contribution in [0.2, 0.25) is 0 Å². The molecule has 0 radical (unpaired) electrons. The molecule has 1 amide bonds. The normalized spacial score (nSPS) is 13.0. The van der Waals surface area contributed by atoms with Crippen molar-refractivity contribution in [3.63, 3.8) is 0 Å². The van der Waals surface area contributed by atoms with E-state index in [2.05, 4.69) is 26.3 Å². The molecule has 124 valence electrons. The molecular weight excluding hydrogens is 382 g/mol. The summed E-state index contributed by atoms with van der Waals surface area (Å²) in [5.41, 5.74) is -1.53. The van der Waals surface area contributed by atoms with Crippen LogP contribution in [0.25, 0.3) is 0 Å². The van der Waals surface area contributed by atoms with Crippen LogP contribution in [0, 0.1) is 11.7 Å². The number of rotatable bonds is 4. The van der Waals surface area contributed by atoms with Crippen molar-refractivity contribution in [2.24, 2.45) is 5.92 Å². The third-order valence-corrected chi connectivity index (χ3v) is 3.47. The van der Waals surface area contributed by atoms with E-state index in [1.54, 1.807) is 13.1 Å². The summed E-state index contributed by atoms with van der Waals surface area (Å²) in [7, 11) is 0. The number of benzene rings is 1. The molecule has 0 aliphatic carbocycles. The van der Waals surface area contributed by atoms with E-state index in [0.29, 0.717) is 18.2 Å². The Morgan fingerprint density at radius 3 is 2.70 bits per heavy atom. The monoisotopic (exact) mass is 393 g/mol. The topological polar surface area (TPSA) is 46.9 Å². The van der Waals surface area contributed by atoms with Gasteiger partial charge in [0.1, 0.15) is 5.82 Å². The summed E-state index contributed by atoms with van der Waals surface area (Å²) in [5, 5.41) is 6.16. The maximum atomic E-state index is 13.6. The second kappa shape index (κ2) is 6.69. The zero-order valence-electron chi connectivity index (χ0n) is 11.9. The zero-order valence-corrected chi connectivity index (χ0v) is 13.4. The maximum Gasteiger partial charge on any atom is 0.416 e. The van der Waals surface area contributed by atoms with Gasteiger partial charge in [-0.15, -0.1) is 0 Å². The summed E-state index contributed by atoms with van der Waals surface area (Å²) >= 11 is 3.21. The largest absolute Gasteiger partial charge is 0.416 e. The van der Waals surface area contributed by atoms with Crippen LogP contribution in [0.5, 0.6) is 0 Å². The van der Waals surface area contributed by atoms with Gasteiger partial charge in [-0.3, -0.25) is 9.48 Å². The van der Waals surface area contributed by atoms with Crippen molar-refractivity contribution >= 4 is 27.5 Å². The number of hydrogen-bond acceptors (Lipinski definition) is 2. The second-order valence-electron chi connectivity index (χ2n) is 4.96. The van der Waals surface area contributed by atoms with Crippen molar-refractivity contribution in [3.05, 3.63) is 46.4 Å². The summed E-state index contributed by atoms with van der Waals surface area (Å²) in [6.07, 6.45) is -1.42. The average molecular weight is 394 g/mol. The fourth-order valence-electron chi connectivity index (χ4n) is 1.86. The summed E-state index contributed by atoms with van der Waals surface area (Å²) < 4.78 is 53.7. The van der Waals surface area contributed by atoms with Crippen LogP contribution in [0.3, 0.4) is 0 Å². The molecule has 4 nitrogen and oxygen atoms in total. The van der Waals surface area contributed by atoms with E-state index < -0.39 is 35.1 Å². The molecular formula is C14H12BrF4N3O. The molecule has 0 aliphatic heterocycles. The highest BCUT2D eigenvalue weighted by Gasteiger charge is 2.31.